The molecule has 0 spiro atoms. The van der Waals surface area contributed by atoms with Crippen molar-refractivity contribution < 1.29 is 14.3 Å². The first-order chi connectivity index (χ1) is 10.6. The van der Waals surface area contributed by atoms with Crippen LogP contribution in [0.2, 0.25) is 0 Å². The van der Waals surface area contributed by atoms with Gasteiger partial charge in [0, 0.05) is 11.1 Å². The zero-order chi connectivity index (χ0) is 15.9. The lowest BCUT2D eigenvalue weighted by molar-refractivity contribution is -0.115. The summed E-state index contributed by atoms with van der Waals surface area (Å²) < 4.78 is 4.46. The summed E-state index contributed by atoms with van der Waals surface area (Å²) in [6, 6.07) is 8.56. The lowest BCUT2D eigenvalue weighted by Gasteiger charge is -2.03. The van der Waals surface area contributed by atoms with Crippen molar-refractivity contribution in [3.05, 3.63) is 40.9 Å². The minimum absolute atomic E-state index is 0.0827. The van der Waals surface area contributed by atoms with Crippen LogP contribution in [0.15, 0.2) is 29.6 Å². The van der Waals surface area contributed by atoms with Crippen LogP contribution in [0.5, 0.6) is 0 Å². The van der Waals surface area contributed by atoms with Crippen molar-refractivity contribution in [2.45, 2.75) is 6.42 Å². The van der Waals surface area contributed by atoms with Gasteiger partial charge in [-0.15, -0.1) is 11.3 Å². The van der Waals surface area contributed by atoms with Crippen LogP contribution < -0.4 is 10.6 Å². The van der Waals surface area contributed by atoms with E-state index in [1.54, 1.807) is 29.6 Å². The molecule has 1 aromatic heterocycles. The number of methoxy groups -OCH3 is 1. The highest BCUT2D eigenvalue weighted by Crippen LogP contribution is 2.16. The number of hydrogen-bond acceptors (Lipinski definition) is 6. The third kappa shape index (κ3) is 4.29. The van der Waals surface area contributed by atoms with Gasteiger partial charge in [0.15, 0.2) is 5.13 Å². The Morgan fingerprint density at radius 1 is 1.32 bits per heavy atom. The van der Waals surface area contributed by atoms with Crippen molar-refractivity contribution in [3.63, 3.8) is 0 Å². The Kier molecular flexibility index (Phi) is 5.06. The third-order valence-corrected chi connectivity index (χ3v) is 3.39. The summed E-state index contributed by atoms with van der Waals surface area (Å²) >= 11 is 1.21. The van der Waals surface area contributed by atoms with Crippen LogP contribution in [0.1, 0.15) is 11.3 Å². The van der Waals surface area contributed by atoms with E-state index < -0.39 is 6.09 Å². The molecule has 112 valence electrons. The van der Waals surface area contributed by atoms with Gasteiger partial charge < -0.3 is 10.1 Å². The van der Waals surface area contributed by atoms with Crippen LogP contribution in [0, 0.1) is 11.3 Å². The van der Waals surface area contributed by atoms with Crippen LogP contribution in [-0.2, 0) is 16.0 Å². The molecular weight excluding hydrogens is 304 g/mol. The molecule has 2 aromatic rings. The van der Waals surface area contributed by atoms with Gasteiger partial charge in [-0.25, -0.2) is 9.78 Å². The van der Waals surface area contributed by atoms with Crippen molar-refractivity contribution in [2.24, 2.45) is 0 Å². The second-order valence-corrected chi connectivity index (χ2v) is 5.03. The highest BCUT2D eigenvalue weighted by Gasteiger charge is 2.10. The molecule has 7 nitrogen and oxygen atoms in total. The molecule has 1 aromatic carbocycles. The summed E-state index contributed by atoms with van der Waals surface area (Å²) in [5, 5.41) is 15.9. The van der Waals surface area contributed by atoms with E-state index in [-0.39, 0.29) is 12.3 Å². The minimum Gasteiger partial charge on any atom is -0.453 e. The van der Waals surface area contributed by atoms with Gasteiger partial charge in [0.2, 0.25) is 5.91 Å². The monoisotopic (exact) mass is 316 g/mol. The molecule has 0 saturated carbocycles. The van der Waals surface area contributed by atoms with Crippen LogP contribution in [-0.4, -0.2) is 24.1 Å². The Hall–Kier alpha value is -2.92. The molecule has 0 unspecified atom stereocenters. The molecule has 0 aliphatic carbocycles. The number of ether oxygens (including phenoxy) is 1. The first-order valence-corrected chi connectivity index (χ1v) is 7.08. The number of hydrogen-bond donors (Lipinski definition) is 2. The Labute approximate surface area is 130 Å². The van der Waals surface area contributed by atoms with Crippen molar-refractivity contribution in [1.29, 1.82) is 5.26 Å². The Balaban J connectivity index is 1.91. The largest absolute Gasteiger partial charge is 0.453 e. The molecule has 8 heteroatoms. The number of rotatable bonds is 4. The fraction of sp³-hybridized carbons (Fsp3) is 0.143. The standard InChI is InChI=1S/C14H12N4O3S/c1-21-14(20)18-13-17-11(8-22-13)6-12(19)16-10-4-2-9(7-15)3-5-10/h2-5,8H,6H2,1H3,(H,16,19)(H,17,18,20). The van der Waals surface area contributed by atoms with E-state index >= 15 is 0 Å². The van der Waals surface area contributed by atoms with Crippen LogP contribution in [0.3, 0.4) is 0 Å². The van der Waals surface area contributed by atoms with Crippen molar-refractivity contribution >= 4 is 34.2 Å². The summed E-state index contributed by atoms with van der Waals surface area (Å²) in [6.07, 6.45) is -0.526. The van der Waals surface area contributed by atoms with Gasteiger partial charge in [-0.3, -0.25) is 10.1 Å². The smallest absolute Gasteiger partial charge is 0.413 e. The van der Waals surface area contributed by atoms with E-state index in [1.807, 2.05) is 6.07 Å². The molecule has 0 radical (unpaired) electrons. The number of anilines is 2. The molecule has 0 aliphatic heterocycles. The second kappa shape index (κ2) is 7.19. The summed E-state index contributed by atoms with van der Waals surface area (Å²) in [4.78, 5) is 27.0. The molecule has 0 saturated heterocycles. The second-order valence-electron chi connectivity index (χ2n) is 4.17. The van der Waals surface area contributed by atoms with E-state index in [0.717, 1.165) is 0 Å². The Bertz CT molecular complexity index is 718. The van der Waals surface area contributed by atoms with Gasteiger partial charge in [-0.1, -0.05) is 0 Å². The minimum atomic E-state index is -0.608. The molecule has 0 aliphatic rings. The Morgan fingerprint density at radius 2 is 2.05 bits per heavy atom. The van der Waals surface area contributed by atoms with Gasteiger partial charge >= 0.3 is 6.09 Å². The predicted molar refractivity (Wildman–Crippen MR) is 81.6 cm³/mol. The predicted octanol–water partition coefficient (Wildman–Crippen LogP) is 2.37. The van der Waals surface area contributed by atoms with Crippen LogP contribution in [0.25, 0.3) is 0 Å². The number of nitriles is 1. The highest BCUT2D eigenvalue weighted by molar-refractivity contribution is 7.13. The fourth-order valence-corrected chi connectivity index (χ4v) is 2.28. The zero-order valence-electron chi connectivity index (χ0n) is 11.6. The number of carbonyl (C=O) groups is 2. The summed E-state index contributed by atoms with van der Waals surface area (Å²) in [5.41, 5.74) is 1.67. The maximum absolute atomic E-state index is 11.9. The topological polar surface area (TPSA) is 104 Å². The molecule has 0 bridgehead atoms. The zero-order valence-corrected chi connectivity index (χ0v) is 12.4. The molecule has 2 amide bonds. The molecule has 2 N–H and O–H groups in total. The fourth-order valence-electron chi connectivity index (χ4n) is 1.58. The first-order valence-electron chi connectivity index (χ1n) is 6.20. The van der Waals surface area contributed by atoms with Gasteiger partial charge in [0.25, 0.3) is 0 Å². The van der Waals surface area contributed by atoms with Gasteiger partial charge in [-0.05, 0) is 24.3 Å². The number of nitrogens with zero attached hydrogens (tertiary/aromatic N) is 2. The number of carbonyl (C=O) groups excluding carboxylic acids is 2. The average molecular weight is 316 g/mol. The molecule has 0 atom stereocenters. The lowest BCUT2D eigenvalue weighted by atomic mass is 10.2. The molecule has 1 heterocycles. The van der Waals surface area contributed by atoms with Crippen LogP contribution >= 0.6 is 11.3 Å². The number of amides is 2. The van der Waals surface area contributed by atoms with Gasteiger partial charge in [0.05, 0.1) is 30.9 Å². The van der Waals surface area contributed by atoms with Crippen molar-refractivity contribution in [1.82, 2.24) is 4.98 Å². The van der Waals surface area contributed by atoms with E-state index in [0.29, 0.717) is 22.1 Å². The summed E-state index contributed by atoms with van der Waals surface area (Å²) in [7, 11) is 1.26. The maximum Gasteiger partial charge on any atom is 0.413 e. The lowest BCUT2D eigenvalue weighted by Crippen LogP contribution is -2.15. The van der Waals surface area contributed by atoms with Gasteiger partial charge in [-0.2, -0.15) is 5.26 Å². The quantitative estimate of drug-likeness (QED) is 0.901. The molecule has 0 fully saturated rings. The molecule has 22 heavy (non-hydrogen) atoms. The van der Waals surface area contributed by atoms with Gasteiger partial charge in [0.1, 0.15) is 0 Å². The first kappa shape index (κ1) is 15.5. The number of nitrogens with one attached hydrogen (secondary N) is 2. The van der Waals surface area contributed by atoms with Crippen molar-refractivity contribution in [2.75, 3.05) is 17.7 Å². The normalized spacial score (nSPS) is 9.64. The van der Waals surface area contributed by atoms with E-state index in [4.69, 9.17) is 5.26 Å². The van der Waals surface area contributed by atoms with Crippen LogP contribution in [0.4, 0.5) is 15.6 Å². The highest BCUT2D eigenvalue weighted by atomic mass is 32.1. The number of thiazole rings is 1. The van der Waals surface area contributed by atoms with E-state index in [9.17, 15) is 9.59 Å². The number of aromatic nitrogens is 1. The third-order valence-electron chi connectivity index (χ3n) is 2.59. The Morgan fingerprint density at radius 3 is 2.68 bits per heavy atom. The SMILES string of the molecule is COC(=O)Nc1nc(CC(=O)Nc2ccc(C#N)cc2)cs1. The summed E-state index contributed by atoms with van der Waals surface area (Å²) in [6.45, 7) is 0. The molecule has 2 rings (SSSR count). The average Bonchev–Trinajstić information content (AvgIpc) is 2.94. The van der Waals surface area contributed by atoms with Crippen molar-refractivity contribution in [3.8, 4) is 6.07 Å². The maximum atomic E-state index is 11.9. The number of benzene rings is 1. The molecular formula is C14H12N4O3S. The van der Waals surface area contributed by atoms with E-state index in [2.05, 4.69) is 20.4 Å². The summed E-state index contributed by atoms with van der Waals surface area (Å²) in [5.74, 6) is -0.236. The van der Waals surface area contributed by atoms with E-state index in [1.165, 1.54) is 18.4 Å².